The van der Waals surface area contributed by atoms with E-state index in [1.165, 1.54) is 4.90 Å². The molecule has 1 aliphatic rings. The van der Waals surface area contributed by atoms with Crippen LogP contribution in [0.4, 0.5) is 4.79 Å². The minimum absolute atomic E-state index is 0.0407. The molecule has 3 aromatic carbocycles. The maximum atomic E-state index is 13.4. The average Bonchev–Trinajstić information content (AvgIpc) is 3.27. The lowest BCUT2D eigenvalue weighted by molar-refractivity contribution is -0.155. The molecule has 0 unspecified atom stereocenters. The number of amides is 1. The van der Waals surface area contributed by atoms with Gasteiger partial charge in [0.05, 0.1) is 13.0 Å². The van der Waals surface area contributed by atoms with Crippen molar-refractivity contribution < 1.29 is 33.7 Å². The first kappa shape index (κ1) is 30.6. The number of hydrogen-bond acceptors (Lipinski definition) is 6. The van der Waals surface area contributed by atoms with E-state index in [2.05, 4.69) is 24.3 Å². The fourth-order valence-corrected chi connectivity index (χ4v) is 5.02. The van der Waals surface area contributed by atoms with Gasteiger partial charge in [0.25, 0.3) is 0 Å². The minimum Gasteiger partial charge on any atom is -0.494 e. The minimum atomic E-state index is -0.813. The summed E-state index contributed by atoms with van der Waals surface area (Å²) in [6, 6.07) is 23.7. The highest BCUT2D eigenvalue weighted by Gasteiger charge is 2.30. The maximum absolute atomic E-state index is 13.4. The third-order valence-corrected chi connectivity index (χ3v) is 6.95. The van der Waals surface area contributed by atoms with Gasteiger partial charge in [-0.25, -0.2) is 4.79 Å². The van der Waals surface area contributed by atoms with Gasteiger partial charge in [-0.15, -0.1) is 0 Å². The van der Waals surface area contributed by atoms with Crippen molar-refractivity contribution in [3.63, 3.8) is 0 Å². The number of fused-ring (bicyclic) bond motifs is 3. The highest BCUT2D eigenvalue weighted by Crippen LogP contribution is 2.44. The Morgan fingerprint density at radius 1 is 0.833 bits per heavy atom. The largest absolute Gasteiger partial charge is 0.494 e. The number of ether oxygens (including phenoxy) is 3. The summed E-state index contributed by atoms with van der Waals surface area (Å²) in [6.45, 7) is 6.43. The van der Waals surface area contributed by atoms with Crippen molar-refractivity contribution in [3.05, 3.63) is 89.5 Å². The lowest BCUT2D eigenvalue weighted by atomic mass is 9.98. The lowest BCUT2D eigenvalue weighted by Gasteiger charge is -2.25. The Morgan fingerprint density at radius 3 is 2.05 bits per heavy atom. The molecule has 0 aromatic heterocycles. The number of carbonyl (C=O) groups excluding carboxylic acids is 2. The molecule has 1 N–H and O–H groups in total. The van der Waals surface area contributed by atoms with Crippen molar-refractivity contribution in [2.45, 2.75) is 64.5 Å². The number of esters is 1. The van der Waals surface area contributed by atoms with Crippen molar-refractivity contribution in [2.24, 2.45) is 0 Å². The number of carboxylic acids is 1. The van der Waals surface area contributed by atoms with Gasteiger partial charge >= 0.3 is 18.0 Å². The van der Waals surface area contributed by atoms with Crippen molar-refractivity contribution in [3.8, 4) is 16.9 Å². The Balaban J connectivity index is 1.40. The van der Waals surface area contributed by atoms with Crippen LogP contribution >= 0.6 is 0 Å². The monoisotopic (exact) mass is 573 g/mol. The molecule has 0 bridgehead atoms. The van der Waals surface area contributed by atoms with E-state index in [9.17, 15) is 14.4 Å². The Hall–Kier alpha value is -4.33. The fraction of sp³-hybridized carbons (Fsp3) is 0.382. The van der Waals surface area contributed by atoms with Crippen LogP contribution in [0.1, 0.15) is 69.1 Å². The van der Waals surface area contributed by atoms with Crippen molar-refractivity contribution >= 4 is 18.0 Å². The molecule has 0 saturated carbocycles. The van der Waals surface area contributed by atoms with Crippen LogP contribution in [-0.2, 0) is 25.6 Å². The predicted molar refractivity (Wildman–Crippen MR) is 159 cm³/mol. The van der Waals surface area contributed by atoms with Crippen molar-refractivity contribution in [1.82, 2.24) is 4.90 Å². The normalized spacial score (nSPS) is 12.3. The summed E-state index contributed by atoms with van der Waals surface area (Å²) >= 11 is 0. The number of hydrogen-bond donors (Lipinski definition) is 1. The molecule has 1 amide bonds. The second-order valence-corrected chi connectivity index (χ2v) is 11.4. The summed E-state index contributed by atoms with van der Waals surface area (Å²) in [5.74, 6) is -0.603. The summed E-state index contributed by atoms with van der Waals surface area (Å²) in [7, 11) is 0. The maximum Gasteiger partial charge on any atom is 0.410 e. The molecule has 42 heavy (non-hydrogen) atoms. The molecule has 4 rings (SSSR count). The van der Waals surface area contributed by atoms with Gasteiger partial charge in [0.1, 0.15) is 18.0 Å². The van der Waals surface area contributed by atoms with Gasteiger partial charge in [-0.1, -0.05) is 60.7 Å². The molecule has 0 heterocycles. The standard InChI is InChI=1S/C34H39NO7/c1-34(2,3)42-32(38)19-20-35(22-24-15-17-25(18-16-24)40-21-9-8-14-31(36)37)33(39)41-23-30-28-12-6-4-10-26(28)27-11-5-7-13-29(27)30/h4-7,10-13,15-18,30H,8-9,14,19-23H2,1-3H3,(H,36,37). The van der Waals surface area contributed by atoms with E-state index in [0.717, 1.165) is 27.8 Å². The van der Waals surface area contributed by atoms with Crippen LogP contribution in [0.5, 0.6) is 5.75 Å². The first-order valence-electron chi connectivity index (χ1n) is 14.4. The van der Waals surface area contributed by atoms with Gasteiger partial charge in [0.15, 0.2) is 0 Å². The van der Waals surface area contributed by atoms with Crippen LogP contribution in [-0.4, -0.2) is 53.4 Å². The predicted octanol–water partition coefficient (Wildman–Crippen LogP) is 6.80. The molecule has 0 atom stereocenters. The third-order valence-electron chi connectivity index (χ3n) is 6.95. The smallest absolute Gasteiger partial charge is 0.410 e. The van der Waals surface area contributed by atoms with Crippen LogP contribution < -0.4 is 4.74 Å². The molecule has 0 aliphatic heterocycles. The van der Waals surface area contributed by atoms with Crippen LogP contribution in [0.3, 0.4) is 0 Å². The summed E-state index contributed by atoms with van der Waals surface area (Å²) in [5, 5.41) is 8.75. The quantitative estimate of drug-likeness (QED) is 0.177. The fourth-order valence-electron chi connectivity index (χ4n) is 5.02. The van der Waals surface area contributed by atoms with E-state index >= 15 is 0 Å². The van der Waals surface area contributed by atoms with E-state index in [-0.39, 0.29) is 44.4 Å². The molecule has 222 valence electrons. The summed E-state index contributed by atoms with van der Waals surface area (Å²) in [6.07, 6.45) is 0.865. The van der Waals surface area contributed by atoms with Crippen LogP contribution in [0, 0.1) is 0 Å². The Labute approximate surface area is 247 Å². The van der Waals surface area contributed by atoms with Crippen LogP contribution in [0.2, 0.25) is 0 Å². The topological polar surface area (TPSA) is 102 Å². The Bertz CT molecular complexity index is 1330. The molecule has 0 spiro atoms. The zero-order chi connectivity index (χ0) is 30.1. The highest BCUT2D eigenvalue weighted by molar-refractivity contribution is 5.79. The number of carbonyl (C=O) groups is 3. The molecule has 0 fully saturated rings. The first-order valence-corrected chi connectivity index (χ1v) is 14.4. The van der Waals surface area contributed by atoms with Gasteiger partial charge < -0.3 is 24.2 Å². The number of benzene rings is 3. The van der Waals surface area contributed by atoms with Crippen LogP contribution in [0.25, 0.3) is 11.1 Å². The molecule has 8 heteroatoms. The zero-order valence-corrected chi connectivity index (χ0v) is 24.5. The second-order valence-electron chi connectivity index (χ2n) is 11.4. The Morgan fingerprint density at radius 2 is 1.45 bits per heavy atom. The van der Waals surface area contributed by atoms with Gasteiger partial charge in [-0.2, -0.15) is 0 Å². The molecular formula is C34H39NO7. The number of rotatable bonds is 13. The van der Waals surface area contributed by atoms with Crippen molar-refractivity contribution in [1.29, 1.82) is 0 Å². The lowest BCUT2D eigenvalue weighted by Crippen LogP contribution is -2.35. The number of aliphatic carboxylic acids is 1. The average molecular weight is 574 g/mol. The summed E-state index contributed by atoms with van der Waals surface area (Å²) in [5.41, 5.74) is 4.80. The van der Waals surface area contributed by atoms with E-state index in [0.29, 0.717) is 25.2 Å². The second kappa shape index (κ2) is 14.0. The molecule has 0 radical (unpaired) electrons. The number of nitrogens with zero attached hydrogens (tertiary/aromatic N) is 1. The summed E-state index contributed by atoms with van der Waals surface area (Å²) < 4.78 is 17.1. The molecule has 1 aliphatic carbocycles. The number of carboxylic acid groups (broad SMARTS) is 1. The molecular weight excluding hydrogens is 534 g/mol. The number of unbranched alkanes of at least 4 members (excludes halogenated alkanes) is 1. The molecule has 0 saturated heterocycles. The van der Waals surface area contributed by atoms with E-state index in [1.807, 2.05) is 69.3 Å². The van der Waals surface area contributed by atoms with Gasteiger partial charge in [-0.3, -0.25) is 9.59 Å². The van der Waals surface area contributed by atoms with Crippen molar-refractivity contribution in [2.75, 3.05) is 19.8 Å². The molecule has 3 aromatic rings. The van der Waals surface area contributed by atoms with Crippen LogP contribution in [0.15, 0.2) is 72.8 Å². The van der Waals surface area contributed by atoms with E-state index < -0.39 is 17.7 Å². The Kier molecular flexibility index (Phi) is 10.2. The van der Waals surface area contributed by atoms with Gasteiger partial charge in [-0.05, 0) is 73.6 Å². The SMILES string of the molecule is CC(C)(C)OC(=O)CCN(Cc1ccc(OCCCCC(=O)O)cc1)C(=O)OCC1c2ccccc2-c2ccccc21. The first-order chi connectivity index (χ1) is 20.1. The van der Waals surface area contributed by atoms with E-state index in [1.54, 1.807) is 0 Å². The zero-order valence-electron chi connectivity index (χ0n) is 24.5. The highest BCUT2D eigenvalue weighted by atomic mass is 16.6. The molecule has 8 nitrogen and oxygen atoms in total. The van der Waals surface area contributed by atoms with Gasteiger partial charge in [0.2, 0.25) is 0 Å². The van der Waals surface area contributed by atoms with E-state index in [4.69, 9.17) is 19.3 Å². The third kappa shape index (κ3) is 8.59. The van der Waals surface area contributed by atoms with Gasteiger partial charge in [0, 0.05) is 25.4 Å². The summed E-state index contributed by atoms with van der Waals surface area (Å²) in [4.78, 5) is 38.1.